The van der Waals surface area contributed by atoms with Crippen LogP contribution in [0, 0.1) is 5.92 Å². The highest BCUT2D eigenvalue weighted by molar-refractivity contribution is 7.09. The van der Waals surface area contributed by atoms with E-state index in [0.29, 0.717) is 18.4 Å². The number of guanidine groups is 1. The highest BCUT2D eigenvalue weighted by Crippen LogP contribution is 2.18. The molecular weight excluding hydrogens is 356 g/mol. The molecule has 154 valence electrons. The summed E-state index contributed by atoms with van der Waals surface area (Å²) >= 11 is 1.70. The summed E-state index contributed by atoms with van der Waals surface area (Å²) in [7, 11) is 0. The van der Waals surface area contributed by atoms with Gasteiger partial charge in [0, 0.05) is 51.2 Å². The summed E-state index contributed by atoms with van der Waals surface area (Å²) in [4.78, 5) is 14.5. The number of likely N-dealkylation sites (N-methyl/N-ethyl adjacent to an activating group) is 1. The van der Waals surface area contributed by atoms with Gasteiger partial charge in [0.2, 0.25) is 0 Å². The van der Waals surface area contributed by atoms with Crippen molar-refractivity contribution in [3.63, 3.8) is 0 Å². The van der Waals surface area contributed by atoms with E-state index in [4.69, 9.17) is 4.99 Å². The molecule has 1 atom stereocenters. The monoisotopic (exact) mass is 394 g/mol. The molecule has 1 aromatic rings. The summed E-state index contributed by atoms with van der Waals surface area (Å²) in [6.45, 7) is 20.6. The van der Waals surface area contributed by atoms with Gasteiger partial charge in [-0.15, -0.1) is 11.3 Å². The van der Waals surface area contributed by atoms with Crippen LogP contribution in [0.4, 0.5) is 0 Å². The molecule has 0 aliphatic carbocycles. The Labute approximate surface area is 169 Å². The Morgan fingerprint density at radius 2 is 1.85 bits per heavy atom. The van der Waals surface area contributed by atoms with Crippen LogP contribution in [0.15, 0.2) is 10.4 Å². The zero-order chi connectivity index (χ0) is 19.6. The molecule has 1 fully saturated rings. The second kappa shape index (κ2) is 11.6. The van der Waals surface area contributed by atoms with Crippen molar-refractivity contribution >= 4 is 17.3 Å². The molecule has 7 heteroatoms. The van der Waals surface area contributed by atoms with Crippen molar-refractivity contribution < 1.29 is 0 Å². The summed E-state index contributed by atoms with van der Waals surface area (Å²) in [6.07, 6.45) is 0. The minimum atomic E-state index is 0.477. The second-order valence-corrected chi connectivity index (χ2v) is 8.68. The minimum Gasteiger partial charge on any atom is -0.357 e. The molecule has 1 unspecified atom stereocenters. The summed E-state index contributed by atoms with van der Waals surface area (Å²) in [6, 6.07) is 0. The van der Waals surface area contributed by atoms with Crippen LogP contribution in [0.25, 0.3) is 0 Å². The number of aliphatic imine (C=N–C) groups is 1. The molecule has 0 bridgehead atoms. The molecule has 6 nitrogen and oxygen atoms in total. The minimum absolute atomic E-state index is 0.477. The molecule has 1 saturated heterocycles. The maximum atomic E-state index is 4.72. The van der Waals surface area contributed by atoms with Gasteiger partial charge in [-0.3, -0.25) is 0 Å². The molecule has 2 heterocycles. The third-order valence-electron chi connectivity index (χ3n) is 4.98. The van der Waals surface area contributed by atoms with Crippen LogP contribution in [0.5, 0.6) is 0 Å². The first-order chi connectivity index (χ1) is 13.0. The van der Waals surface area contributed by atoms with Crippen LogP contribution >= 0.6 is 11.3 Å². The maximum Gasteiger partial charge on any atom is 0.191 e. The lowest BCUT2D eigenvalue weighted by molar-refractivity contribution is 0.124. The normalized spacial score (nSPS) is 18.1. The van der Waals surface area contributed by atoms with Crippen LogP contribution in [0.2, 0.25) is 0 Å². The average Bonchev–Trinajstić information content (AvgIpc) is 3.14. The van der Waals surface area contributed by atoms with Gasteiger partial charge in [0.1, 0.15) is 5.01 Å². The van der Waals surface area contributed by atoms with Gasteiger partial charge < -0.3 is 20.4 Å². The van der Waals surface area contributed by atoms with Crippen molar-refractivity contribution in [2.75, 3.05) is 52.4 Å². The number of thiazole rings is 1. The molecule has 1 aliphatic heterocycles. The number of nitrogens with zero attached hydrogens (tertiary/aromatic N) is 4. The molecule has 1 aromatic heterocycles. The third kappa shape index (κ3) is 7.76. The molecule has 2 rings (SSSR count). The number of hydrogen-bond donors (Lipinski definition) is 2. The molecule has 27 heavy (non-hydrogen) atoms. The van der Waals surface area contributed by atoms with E-state index in [0.717, 1.165) is 30.6 Å². The van der Waals surface area contributed by atoms with Crippen molar-refractivity contribution in [1.29, 1.82) is 0 Å². The molecule has 1 aliphatic rings. The fourth-order valence-corrected chi connectivity index (χ4v) is 4.09. The molecular formula is C20H38N6S. The van der Waals surface area contributed by atoms with Crippen molar-refractivity contribution in [3.05, 3.63) is 16.1 Å². The van der Waals surface area contributed by atoms with E-state index in [1.807, 2.05) is 0 Å². The average molecular weight is 395 g/mol. The van der Waals surface area contributed by atoms with Gasteiger partial charge in [-0.25, -0.2) is 9.98 Å². The van der Waals surface area contributed by atoms with Crippen molar-refractivity contribution in [2.24, 2.45) is 10.9 Å². The maximum absolute atomic E-state index is 4.72. The zero-order valence-electron chi connectivity index (χ0n) is 17.8. The van der Waals surface area contributed by atoms with Crippen molar-refractivity contribution in [1.82, 2.24) is 25.4 Å². The summed E-state index contributed by atoms with van der Waals surface area (Å²) in [5, 5.41) is 10.1. The predicted octanol–water partition coefficient (Wildman–Crippen LogP) is 2.60. The summed E-state index contributed by atoms with van der Waals surface area (Å²) < 4.78 is 0. The Bertz CT molecular complexity index is 563. The fourth-order valence-electron chi connectivity index (χ4n) is 3.22. The molecule has 0 spiro atoms. The number of aromatic nitrogens is 1. The van der Waals surface area contributed by atoms with Gasteiger partial charge in [0.05, 0.1) is 12.2 Å². The standard InChI is InChI=1S/C20H38N6S/c1-6-21-20(23-13-19-24-18(15-27-19)16(3)4)22-12-17(5)14-26-10-8-25(7-2)9-11-26/h15-17H,6-14H2,1-5H3,(H2,21,22,23). The molecule has 0 aromatic carbocycles. The lowest BCUT2D eigenvalue weighted by Crippen LogP contribution is -2.48. The van der Waals surface area contributed by atoms with Crippen LogP contribution in [0.1, 0.15) is 51.2 Å². The van der Waals surface area contributed by atoms with Crippen LogP contribution in [0.3, 0.4) is 0 Å². The number of rotatable bonds is 9. The molecule has 0 radical (unpaired) electrons. The van der Waals surface area contributed by atoms with Gasteiger partial charge in [-0.05, 0) is 25.3 Å². The van der Waals surface area contributed by atoms with Crippen LogP contribution in [-0.4, -0.2) is 73.1 Å². The summed E-state index contributed by atoms with van der Waals surface area (Å²) in [5.74, 6) is 1.96. The third-order valence-corrected chi connectivity index (χ3v) is 5.83. The van der Waals surface area contributed by atoms with E-state index in [1.165, 1.54) is 38.4 Å². The van der Waals surface area contributed by atoms with E-state index in [2.05, 4.69) is 65.4 Å². The van der Waals surface area contributed by atoms with E-state index in [9.17, 15) is 0 Å². The highest BCUT2D eigenvalue weighted by Gasteiger charge is 2.17. The Morgan fingerprint density at radius 3 is 2.44 bits per heavy atom. The quantitative estimate of drug-likeness (QED) is 0.498. The topological polar surface area (TPSA) is 55.8 Å². The smallest absolute Gasteiger partial charge is 0.191 e. The first-order valence-electron chi connectivity index (χ1n) is 10.4. The largest absolute Gasteiger partial charge is 0.357 e. The lowest BCUT2D eigenvalue weighted by Gasteiger charge is -2.35. The summed E-state index contributed by atoms with van der Waals surface area (Å²) in [5.41, 5.74) is 1.17. The van der Waals surface area contributed by atoms with E-state index in [-0.39, 0.29) is 0 Å². The molecule has 2 N–H and O–H groups in total. The lowest BCUT2D eigenvalue weighted by atomic mass is 10.1. The van der Waals surface area contributed by atoms with E-state index in [1.54, 1.807) is 11.3 Å². The molecule has 0 amide bonds. The Morgan fingerprint density at radius 1 is 1.15 bits per heavy atom. The highest BCUT2D eigenvalue weighted by atomic mass is 32.1. The number of nitrogens with one attached hydrogen (secondary N) is 2. The first kappa shape index (κ1) is 22.1. The predicted molar refractivity (Wildman–Crippen MR) is 117 cm³/mol. The van der Waals surface area contributed by atoms with Gasteiger partial charge in [-0.2, -0.15) is 0 Å². The van der Waals surface area contributed by atoms with Crippen molar-refractivity contribution in [2.45, 2.75) is 47.1 Å². The van der Waals surface area contributed by atoms with E-state index < -0.39 is 0 Å². The zero-order valence-corrected chi connectivity index (χ0v) is 18.6. The Balaban J connectivity index is 1.77. The van der Waals surface area contributed by atoms with Gasteiger partial charge >= 0.3 is 0 Å². The van der Waals surface area contributed by atoms with Crippen LogP contribution < -0.4 is 10.6 Å². The van der Waals surface area contributed by atoms with Gasteiger partial charge in [-0.1, -0.05) is 27.7 Å². The van der Waals surface area contributed by atoms with E-state index >= 15 is 0 Å². The SMILES string of the molecule is CCNC(=NCc1nc(C(C)C)cs1)NCC(C)CN1CCN(CC)CC1. The first-order valence-corrected chi connectivity index (χ1v) is 11.3. The number of hydrogen-bond acceptors (Lipinski definition) is 5. The Hall–Kier alpha value is -1.18. The van der Waals surface area contributed by atoms with Gasteiger partial charge in [0.25, 0.3) is 0 Å². The van der Waals surface area contributed by atoms with Crippen molar-refractivity contribution in [3.8, 4) is 0 Å². The Kier molecular flexibility index (Phi) is 9.51. The number of piperazine rings is 1. The fraction of sp³-hybridized carbons (Fsp3) is 0.800. The molecule has 0 saturated carbocycles. The van der Waals surface area contributed by atoms with Gasteiger partial charge in [0.15, 0.2) is 5.96 Å². The van der Waals surface area contributed by atoms with Crippen LogP contribution in [-0.2, 0) is 6.54 Å². The second-order valence-electron chi connectivity index (χ2n) is 7.74.